The first-order chi connectivity index (χ1) is 8.00. The van der Waals surface area contributed by atoms with Gasteiger partial charge in [0.1, 0.15) is 17.3 Å². The highest BCUT2D eigenvalue weighted by Crippen LogP contribution is 2.18. The number of hydrogen-bond acceptors (Lipinski definition) is 2. The summed E-state index contributed by atoms with van der Waals surface area (Å²) in [4.78, 5) is 21.5. The molecule has 0 aromatic heterocycles. The van der Waals surface area contributed by atoms with Gasteiger partial charge in [0.2, 0.25) is 5.91 Å². The van der Waals surface area contributed by atoms with Crippen molar-refractivity contribution in [1.82, 2.24) is 0 Å². The number of carboxylic acids is 1. The summed E-state index contributed by atoms with van der Waals surface area (Å²) < 4.78 is 26.2. The molecular weight excluding hydrogens is 232 g/mol. The Kier molecular flexibility index (Phi) is 4.56. The number of amides is 1. The fourth-order valence-corrected chi connectivity index (χ4v) is 1.22. The van der Waals surface area contributed by atoms with Crippen LogP contribution in [0.3, 0.4) is 0 Å². The molecule has 1 aromatic carbocycles. The zero-order chi connectivity index (χ0) is 12.8. The summed E-state index contributed by atoms with van der Waals surface area (Å²) in [5.41, 5.74) is -0.507. The first-order valence-electron chi connectivity index (χ1n) is 4.96. The largest absolute Gasteiger partial charge is 0.481 e. The monoisotopic (exact) mass is 243 g/mol. The molecule has 92 valence electrons. The Hall–Kier alpha value is -1.98. The first-order valence-corrected chi connectivity index (χ1v) is 4.96. The van der Waals surface area contributed by atoms with Gasteiger partial charge in [0.15, 0.2) is 0 Å². The lowest BCUT2D eigenvalue weighted by Gasteiger charge is -2.06. The van der Waals surface area contributed by atoms with E-state index in [4.69, 9.17) is 5.11 Å². The van der Waals surface area contributed by atoms with Crippen molar-refractivity contribution in [3.8, 4) is 0 Å². The third-order valence-electron chi connectivity index (χ3n) is 2.02. The molecule has 0 spiro atoms. The zero-order valence-electron chi connectivity index (χ0n) is 8.87. The van der Waals surface area contributed by atoms with Crippen molar-refractivity contribution in [2.75, 3.05) is 5.32 Å². The Morgan fingerprint density at radius 1 is 1.18 bits per heavy atom. The molecule has 1 rings (SSSR count). The lowest BCUT2D eigenvalue weighted by molar-refractivity contribution is -0.137. The maximum atomic E-state index is 13.1. The molecule has 0 fully saturated rings. The van der Waals surface area contributed by atoms with Crippen LogP contribution in [0.25, 0.3) is 0 Å². The van der Waals surface area contributed by atoms with Crippen LogP contribution in [0, 0.1) is 11.6 Å². The van der Waals surface area contributed by atoms with Gasteiger partial charge >= 0.3 is 5.97 Å². The second kappa shape index (κ2) is 5.93. The quantitative estimate of drug-likeness (QED) is 0.832. The van der Waals surface area contributed by atoms with Crippen LogP contribution in [0.5, 0.6) is 0 Å². The van der Waals surface area contributed by atoms with Gasteiger partial charge in [0.05, 0.1) is 0 Å². The van der Waals surface area contributed by atoms with Gasteiger partial charge in [0, 0.05) is 12.8 Å². The minimum absolute atomic E-state index is 0.0971. The third-order valence-corrected chi connectivity index (χ3v) is 2.02. The van der Waals surface area contributed by atoms with Crippen molar-refractivity contribution < 1.29 is 23.5 Å². The van der Waals surface area contributed by atoms with Crippen molar-refractivity contribution in [1.29, 1.82) is 0 Å². The maximum absolute atomic E-state index is 13.1. The SMILES string of the molecule is O=C(O)CCCC(=O)Nc1c(F)cccc1F. The molecule has 0 atom stereocenters. The number of carboxylic acid groups (broad SMARTS) is 1. The van der Waals surface area contributed by atoms with E-state index in [-0.39, 0.29) is 19.3 Å². The number of carbonyl (C=O) groups is 2. The number of hydrogen-bond donors (Lipinski definition) is 2. The van der Waals surface area contributed by atoms with Crippen LogP contribution in [-0.4, -0.2) is 17.0 Å². The molecule has 4 nitrogen and oxygen atoms in total. The summed E-state index contributed by atoms with van der Waals surface area (Å²) in [5, 5.41) is 10.4. The van der Waals surface area contributed by atoms with E-state index >= 15 is 0 Å². The number of anilines is 1. The molecule has 2 N–H and O–H groups in total. The number of rotatable bonds is 5. The summed E-state index contributed by atoms with van der Waals surface area (Å²) in [7, 11) is 0. The Balaban J connectivity index is 2.53. The highest BCUT2D eigenvalue weighted by atomic mass is 19.1. The summed E-state index contributed by atoms with van der Waals surface area (Å²) >= 11 is 0. The standard InChI is InChI=1S/C11H11F2NO3/c12-7-3-1-4-8(13)11(7)14-9(15)5-2-6-10(16)17/h1,3-4H,2,5-6H2,(H,14,15)(H,16,17). The molecule has 0 unspecified atom stereocenters. The second-order valence-corrected chi connectivity index (χ2v) is 3.39. The third kappa shape index (κ3) is 4.18. The molecule has 0 saturated carbocycles. The van der Waals surface area contributed by atoms with Crippen molar-refractivity contribution in [2.45, 2.75) is 19.3 Å². The van der Waals surface area contributed by atoms with Gasteiger partial charge in [0.25, 0.3) is 0 Å². The number of benzene rings is 1. The maximum Gasteiger partial charge on any atom is 0.303 e. The Bertz CT molecular complexity index is 414. The van der Waals surface area contributed by atoms with E-state index in [1.54, 1.807) is 0 Å². The van der Waals surface area contributed by atoms with E-state index < -0.39 is 29.2 Å². The molecule has 0 aliphatic rings. The van der Waals surface area contributed by atoms with Gasteiger partial charge in [-0.05, 0) is 18.6 Å². The fourth-order valence-electron chi connectivity index (χ4n) is 1.22. The van der Waals surface area contributed by atoms with E-state index in [2.05, 4.69) is 5.32 Å². The van der Waals surface area contributed by atoms with Gasteiger partial charge in [-0.2, -0.15) is 0 Å². The lowest BCUT2D eigenvalue weighted by atomic mass is 10.2. The van der Waals surface area contributed by atoms with Gasteiger partial charge in [-0.1, -0.05) is 6.07 Å². The Morgan fingerprint density at radius 3 is 2.29 bits per heavy atom. The summed E-state index contributed by atoms with van der Waals surface area (Å²) in [6.07, 6.45) is -0.134. The van der Waals surface area contributed by atoms with Crippen LogP contribution >= 0.6 is 0 Å². The summed E-state index contributed by atoms with van der Waals surface area (Å²) in [6, 6.07) is 3.23. The van der Waals surface area contributed by atoms with Crippen LogP contribution in [0.4, 0.5) is 14.5 Å². The molecule has 6 heteroatoms. The van der Waals surface area contributed by atoms with E-state index in [0.29, 0.717) is 0 Å². The molecule has 0 saturated heterocycles. The molecule has 0 heterocycles. The van der Waals surface area contributed by atoms with Gasteiger partial charge in [-0.25, -0.2) is 8.78 Å². The zero-order valence-corrected chi connectivity index (χ0v) is 8.87. The van der Waals surface area contributed by atoms with Crippen LogP contribution in [0.2, 0.25) is 0 Å². The normalized spacial score (nSPS) is 10.0. The molecule has 0 bridgehead atoms. The van der Waals surface area contributed by atoms with E-state index in [1.807, 2.05) is 0 Å². The van der Waals surface area contributed by atoms with Crippen LogP contribution in [0.1, 0.15) is 19.3 Å². The molecule has 0 aliphatic carbocycles. The number of para-hydroxylation sites is 1. The number of nitrogens with one attached hydrogen (secondary N) is 1. The van der Waals surface area contributed by atoms with Crippen molar-refractivity contribution in [3.63, 3.8) is 0 Å². The topological polar surface area (TPSA) is 66.4 Å². The number of carbonyl (C=O) groups excluding carboxylic acids is 1. The van der Waals surface area contributed by atoms with Crippen LogP contribution in [0.15, 0.2) is 18.2 Å². The Labute approximate surface area is 96.3 Å². The van der Waals surface area contributed by atoms with E-state index in [9.17, 15) is 18.4 Å². The average Bonchev–Trinajstić information content (AvgIpc) is 2.23. The Morgan fingerprint density at radius 2 is 1.76 bits per heavy atom. The average molecular weight is 243 g/mol. The lowest BCUT2D eigenvalue weighted by Crippen LogP contribution is -2.14. The number of halogens is 2. The van der Waals surface area contributed by atoms with Gasteiger partial charge in [-0.15, -0.1) is 0 Å². The second-order valence-electron chi connectivity index (χ2n) is 3.39. The molecular formula is C11H11F2NO3. The number of aliphatic carboxylic acids is 1. The molecule has 17 heavy (non-hydrogen) atoms. The summed E-state index contributed by atoms with van der Waals surface area (Å²) in [6.45, 7) is 0. The van der Waals surface area contributed by atoms with Crippen molar-refractivity contribution in [3.05, 3.63) is 29.8 Å². The van der Waals surface area contributed by atoms with E-state index in [1.165, 1.54) is 6.07 Å². The minimum Gasteiger partial charge on any atom is -0.481 e. The van der Waals surface area contributed by atoms with Gasteiger partial charge in [-0.3, -0.25) is 9.59 Å². The summed E-state index contributed by atoms with van der Waals surface area (Å²) in [5.74, 6) is -3.36. The highest BCUT2D eigenvalue weighted by molar-refractivity contribution is 5.91. The molecule has 1 aromatic rings. The fraction of sp³-hybridized carbons (Fsp3) is 0.273. The van der Waals surface area contributed by atoms with Crippen LogP contribution in [-0.2, 0) is 9.59 Å². The first kappa shape index (κ1) is 13.1. The molecule has 0 radical (unpaired) electrons. The van der Waals surface area contributed by atoms with Crippen molar-refractivity contribution >= 4 is 17.6 Å². The minimum atomic E-state index is -1.02. The van der Waals surface area contributed by atoms with Crippen molar-refractivity contribution in [2.24, 2.45) is 0 Å². The predicted octanol–water partition coefficient (Wildman–Crippen LogP) is 2.16. The molecule has 0 aliphatic heterocycles. The highest BCUT2D eigenvalue weighted by Gasteiger charge is 2.11. The molecule has 1 amide bonds. The van der Waals surface area contributed by atoms with Crippen LogP contribution < -0.4 is 5.32 Å². The van der Waals surface area contributed by atoms with E-state index in [0.717, 1.165) is 12.1 Å². The van der Waals surface area contributed by atoms with Gasteiger partial charge < -0.3 is 10.4 Å². The predicted molar refractivity (Wildman–Crippen MR) is 56.5 cm³/mol. The smallest absolute Gasteiger partial charge is 0.303 e.